The van der Waals surface area contributed by atoms with Gasteiger partial charge in [-0.2, -0.15) is 0 Å². The van der Waals surface area contributed by atoms with Crippen LogP contribution < -0.4 is 10.6 Å². The maximum Gasteiger partial charge on any atom is 0.166 e. The van der Waals surface area contributed by atoms with Gasteiger partial charge < -0.3 is 15.1 Å². The molecule has 0 unspecified atom stereocenters. The van der Waals surface area contributed by atoms with Gasteiger partial charge in [0.1, 0.15) is 11.6 Å². The van der Waals surface area contributed by atoms with Gasteiger partial charge in [-0.25, -0.2) is 4.39 Å². The fourth-order valence-electron chi connectivity index (χ4n) is 1.47. The number of halogens is 2. The van der Waals surface area contributed by atoms with E-state index < -0.39 is 0 Å². The smallest absolute Gasteiger partial charge is 0.166 e. The Labute approximate surface area is 124 Å². The predicted octanol–water partition coefficient (Wildman–Crippen LogP) is 3.35. The van der Waals surface area contributed by atoms with E-state index in [1.54, 1.807) is 18.4 Å². The largest absolute Gasteiger partial charge is 0.467 e. The molecule has 1 aromatic carbocycles. The number of benzene rings is 1. The molecule has 0 saturated heterocycles. The number of furan rings is 1. The number of rotatable bonds is 4. The molecular formula is C13H12BrFN2OS. The van der Waals surface area contributed by atoms with E-state index in [0.29, 0.717) is 22.7 Å². The Morgan fingerprint density at radius 2 is 2.05 bits per heavy atom. The third kappa shape index (κ3) is 4.33. The standard InChI is InChI=1S/C13H12BrFN2OS/c14-11-6-9(3-4-12(11)15)7-16-13(19)17-8-10-2-1-5-18-10/h1-6H,7-8H2,(H2,16,17,19). The minimum Gasteiger partial charge on any atom is -0.467 e. The molecule has 0 aliphatic carbocycles. The maximum absolute atomic E-state index is 13.1. The van der Waals surface area contributed by atoms with Crippen LogP contribution in [0.5, 0.6) is 0 Å². The van der Waals surface area contributed by atoms with Gasteiger partial charge in [-0.05, 0) is 58.0 Å². The molecule has 19 heavy (non-hydrogen) atoms. The van der Waals surface area contributed by atoms with Crippen LogP contribution in [0.4, 0.5) is 4.39 Å². The fraction of sp³-hybridized carbons (Fsp3) is 0.154. The van der Waals surface area contributed by atoms with Gasteiger partial charge in [0.15, 0.2) is 5.11 Å². The number of thiocarbonyl (C=S) groups is 1. The first-order valence-electron chi connectivity index (χ1n) is 5.63. The summed E-state index contributed by atoms with van der Waals surface area (Å²) >= 11 is 8.28. The van der Waals surface area contributed by atoms with Gasteiger partial charge in [0.25, 0.3) is 0 Å². The van der Waals surface area contributed by atoms with Gasteiger partial charge in [-0.1, -0.05) is 6.07 Å². The lowest BCUT2D eigenvalue weighted by atomic mass is 10.2. The number of hydrogen-bond acceptors (Lipinski definition) is 2. The molecule has 0 fully saturated rings. The van der Waals surface area contributed by atoms with Crippen LogP contribution in [0.1, 0.15) is 11.3 Å². The molecule has 1 aromatic heterocycles. The Morgan fingerprint density at radius 1 is 1.26 bits per heavy atom. The first-order valence-corrected chi connectivity index (χ1v) is 6.83. The van der Waals surface area contributed by atoms with Gasteiger partial charge in [-0.3, -0.25) is 0 Å². The van der Waals surface area contributed by atoms with E-state index in [-0.39, 0.29) is 5.82 Å². The van der Waals surface area contributed by atoms with E-state index in [4.69, 9.17) is 16.6 Å². The van der Waals surface area contributed by atoms with Crippen molar-refractivity contribution in [1.82, 2.24) is 10.6 Å². The summed E-state index contributed by atoms with van der Waals surface area (Å²) in [5.74, 6) is 0.538. The molecule has 0 aliphatic rings. The zero-order valence-corrected chi connectivity index (χ0v) is 12.4. The van der Waals surface area contributed by atoms with Crippen LogP contribution in [0.2, 0.25) is 0 Å². The quantitative estimate of drug-likeness (QED) is 0.835. The van der Waals surface area contributed by atoms with E-state index >= 15 is 0 Å². The van der Waals surface area contributed by atoms with E-state index in [0.717, 1.165) is 11.3 Å². The molecule has 0 aliphatic heterocycles. The minimum atomic E-state index is -0.276. The second kappa shape index (κ2) is 6.68. The molecule has 0 radical (unpaired) electrons. The van der Waals surface area contributed by atoms with Gasteiger partial charge in [0.05, 0.1) is 17.3 Å². The van der Waals surface area contributed by atoms with Gasteiger partial charge in [-0.15, -0.1) is 0 Å². The van der Waals surface area contributed by atoms with Crippen molar-refractivity contribution < 1.29 is 8.81 Å². The van der Waals surface area contributed by atoms with Crippen molar-refractivity contribution >= 4 is 33.3 Å². The van der Waals surface area contributed by atoms with Crippen LogP contribution in [-0.2, 0) is 13.1 Å². The van der Waals surface area contributed by atoms with E-state index in [1.807, 2.05) is 12.1 Å². The Kier molecular flexibility index (Phi) is 4.93. The molecule has 0 amide bonds. The highest BCUT2D eigenvalue weighted by Crippen LogP contribution is 2.16. The van der Waals surface area contributed by atoms with Gasteiger partial charge >= 0.3 is 0 Å². The summed E-state index contributed by atoms with van der Waals surface area (Å²) in [5.41, 5.74) is 0.940. The summed E-state index contributed by atoms with van der Waals surface area (Å²) < 4.78 is 18.7. The monoisotopic (exact) mass is 342 g/mol. The highest BCUT2D eigenvalue weighted by molar-refractivity contribution is 9.10. The first-order chi connectivity index (χ1) is 9.15. The molecule has 3 nitrogen and oxygen atoms in total. The van der Waals surface area contributed by atoms with Crippen molar-refractivity contribution in [3.63, 3.8) is 0 Å². The van der Waals surface area contributed by atoms with Crippen molar-refractivity contribution in [2.24, 2.45) is 0 Å². The van der Waals surface area contributed by atoms with Crippen LogP contribution in [0.25, 0.3) is 0 Å². The normalized spacial score (nSPS) is 10.2. The van der Waals surface area contributed by atoms with E-state index in [9.17, 15) is 4.39 Å². The average Bonchev–Trinajstić information content (AvgIpc) is 2.91. The van der Waals surface area contributed by atoms with Crippen LogP contribution in [0, 0.1) is 5.82 Å². The SMILES string of the molecule is Fc1ccc(CNC(=S)NCc2ccco2)cc1Br. The van der Waals surface area contributed by atoms with Crippen molar-refractivity contribution in [2.75, 3.05) is 0 Å². The zero-order chi connectivity index (χ0) is 13.7. The van der Waals surface area contributed by atoms with E-state index in [1.165, 1.54) is 6.07 Å². The summed E-state index contributed by atoms with van der Waals surface area (Å²) in [5, 5.41) is 6.59. The van der Waals surface area contributed by atoms with Gasteiger partial charge in [0.2, 0.25) is 0 Å². The lowest BCUT2D eigenvalue weighted by Crippen LogP contribution is -2.34. The summed E-state index contributed by atoms with van der Waals surface area (Å²) in [7, 11) is 0. The predicted molar refractivity (Wildman–Crippen MR) is 79.1 cm³/mol. The lowest BCUT2D eigenvalue weighted by Gasteiger charge is -2.09. The van der Waals surface area contributed by atoms with Crippen LogP contribution in [0.15, 0.2) is 45.5 Å². The summed E-state index contributed by atoms with van der Waals surface area (Å²) in [6, 6.07) is 8.54. The maximum atomic E-state index is 13.1. The molecule has 0 atom stereocenters. The van der Waals surface area contributed by atoms with E-state index in [2.05, 4.69) is 26.6 Å². The molecule has 0 spiro atoms. The third-order valence-corrected chi connectivity index (χ3v) is 3.34. The third-order valence-electron chi connectivity index (χ3n) is 2.44. The second-order valence-corrected chi connectivity index (χ2v) is 5.13. The molecule has 2 rings (SSSR count). The van der Waals surface area contributed by atoms with Crippen LogP contribution in [-0.4, -0.2) is 5.11 Å². The van der Waals surface area contributed by atoms with Crippen LogP contribution >= 0.6 is 28.1 Å². The molecule has 100 valence electrons. The highest BCUT2D eigenvalue weighted by Gasteiger charge is 2.02. The van der Waals surface area contributed by atoms with Crippen molar-refractivity contribution in [2.45, 2.75) is 13.1 Å². The van der Waals surface area contributed by atoms with Crippen molar-refractivity contribution in [3.05, 3.63) is 58.2 Å². The van der Waals surface area contributed by atoms with Crippen molar-refractivity contribution in [1.29, 1.82) is 0 Å². The fourth-order valence-corrected chi connectivity index (χ4v) is 2.05. The first kappa shape index (κ1) is 14.0. The highest BCUT2D eigenvalue weighted by atomic mass is 79.9. The number of hydrogen-bond donors (Lipinski definition) is 2. The summed E-state index contributed by atoms with van der Waals surface area (Å²) in [6.07, 6.45) is 1.61. The van der Waals surface area contributed by atoms with Gasteiger partial charge in [0, 0.05) is 6.54 Å². The lowest BCUT2D eigenvalue weighted by molar-refractivity contribution is 0.502. The Morgan fingerprint density at radius 3 is 2.74 bits per heavy atom. The zero-order valence-electron chi connectivity index (χ0n) is 9.95. The Bertz CT molecular complexity index is 560. The molecule has 0 bridgehead atoms. The summed E-state index contributed by atoms with van der Waals surface area (Å²) in [6.45, 7) is 1.06. The molecule has 2 aromatic rings. The molecule has 6 heteroatoms. The Balaban J connectivity index is 1.78. The minimum absolute atomic E-state index is 0.276. The van der Waals surface area contributed by atoms with Crippen LogP contribution in [0.3, 0.4) is 0 Å². The molecular weight excluding hydrogens is 331 g/mol. The average molecular weight is 343 g/mol. The second-order valence-electron chi connectivity index (χ2n) is 3.86. The number of nitrogens with one attached hydrogen (secondary N) is 2. The topological polar surface area (TPSA) is 37.2 Å². The molecule has 1 heterocycles. The molecule has 0 saturated carbocycles. The van der Waals surface area contributed by atoms with Crippen molar-refractivity contribution in [3.8, 4) is 0 Å². The molecule has 2 N–H and O–H groups in total. The summed E-state index contributed by atoms with van der Waals surface area (Å²) in [4.78, 5) is 0. The Hall–Kier alpha value is -1.40.